The van der Waals surface area contributed by atoms with Crippen LogP contribution in [0.2, 0.25) is 0 Å². The summed E-state index contributed by atoms with van der Waals surface area (Å²) in [5, 5.41) is 16.1. The molecule has 1 saturated carbocycles. The molecule has 1 heterocycles. The number of aromatic nitrogens is 2. The van der Waals surface area contributed by atoms with Crippen molar-refractivity contribution in [2.45, 2.75) is 26.2 Å². The second kappa shape index (κ2) is 6.07. The van der Waals surface area contributed by atoms with Crippen LogP contribution in [-0.4, -0.2) is 33.3 Å². The van der Waals surface area contributed by atoms with Crippen LogP contribution in [0.25, 0.3) is 0 Å². The van der Waals surface area contributed by atoms with Crippen LogP contribution < -0.4 is 5.32 Å². The largest absolute Gasteiger partial charge is 0.481 e. The maximum atomic E-state index is 12.1. The van der Waals surface area contributed by atoms with Gasteiger partial charge in [0.25, 0.3) is 0 Å². The lowest BCUT2D eigenvalue weighted by Crippen LogP contribution is -2.36. The minimum atomic E-state index is -0.859. The molecular weight excluding hydrogens is 258 g/mol. The summed E-state index contributed by atoms with van der Waals surface area (Å²) in [7, 11) is 1.85. The van der Waals surface area contributed by atoms with Gasteiger partial charge in [-0.15, -0.1) is 0 Å². The van der Waals surface area contributed by atoms with E-state index >= 15 is 0 Å². The lowest BCUT2D eigenvalue weighted by molar-refractivity contribution is -0.146. The van der Waals surface area contributed by atoms with Crippen LogP contribution >= 0.6 is 0 Å². The van der Waals surface area contributed by atoms with Crippen molar-refractivity contribution in [1.82, 2.24) is 15.1 Å². The number of hydrogen-bond acceptors (Lipinski definition) is 3. The molecule has 1 aliphatic rings. The molecular formula is C14H21N3O3. The zero-order valence-electron chi connectivity index (χ0n) is 11.9. The van der Waals surface area contributed by atoms with Crippen molar-refractivity contribution in [3.05, 3.63) is 18.0 Å². The summed E-state index contributed by atoms with van der Waals surface area (Å²) in [6.07, 6.45) is 5.64. The standard InChI is InChI=1S/C14H21N3O3/c1-9-5-11(12(6-9)14(19)20)13(18)15-4-3-10-7-16-17(2)8-10/h7-9,11-12H,3-6H2,1-2H3,(H,15,18)(H,19,20). The molecule has 1 amide bonds. The maximum absolute atomic E-state index is 12.1. The number of nitrogens with zero attached hydrogens (tertiary/aromatic N) is 2. The number of carboxylic acids is 1. The Morgan fingerprint density at radius 1 is 1.45 bits per heavy atom. The molecule has 1 aromatic rings. The fourth-order valence-corrected chi connectivity index (χ4v) is 2.92. The molecule has 0 bridgehead atoms. The van der Waals surface area contributed by atoms with Gasteiger partial charge in [-0.05, 0) is 30.7 Å². The molecule has 110 valence electrons. The molecule has 20 heavy (non-hydrogen) atoms. The molecule has 0 aliphatic heterocycles. The third-order valence-electron chi connectivity index (χ3n) is 3.92. The first-order valence-electron chi connectivity index (χ1n) is 6.95. The highest BCUT2D eigenvalue weighted by atomic mass is 16.4. The van der Waals surface area contributed by atoms with Crippen LogP contribution in [0.15, 0.2) is 12.4 Å². The van der Waals surface area contributed by atoms with Gasteiger partial charge in [0.2, 0.25) is 5.91 Å². The number of carboxylic acid groups (broad SMARTS) is 1. The minimum absolute atomic E-state index is 0.134. The van der Waals surface area contributed by atoms with Crippen molar-refractivity contribution >= 4 is 11.9 Å². The van der Waals surface area contributed by atoms with Crippen molar-refractivity contribution in [1.29, 1.82) is 0 Å². The van der Waals surface area contributed by atoms with E-state index in [2.05, 4.69) is 10.4 Å². The van der Waals surface area contributed by atoms with Gasteiger partial charge in [-0.25, -0.2) is 0 Å². The van der Waals surface area contributed by atoms with Gasteiger partial charge in [0, 0.05) is 19.8 Å². The summed E-state index contributed by atoms with van der Waals surface area (Å²) >= 11 is 0. The predicted molar refractivity (Wildman–Crippen MR) is 72.9 cm³/mol. The summed E-state index contributed by atoms with van der Waals surface area (Å²) in [6, 6.07) is 0. The molecule has 1 fully saturated rings. The van der Waals surface area contributed by atoms with Crippen molar-refractivity contribution in [3.8, 4) is 0 Å². The first kappa shape index (κ1) is 14.6. The summed E-state index contributed by atoms with van der Waals surface area (Å²) in [5.74, 6) is -1.63. The molecule has 1 aromatic heterocycles. The lowest BCUT2D eigenvalue weighted by Gasteiger charge is -2.15. The van der Waals surface area contributed by atoms with Crippen molar-refractivity contribution < 1.29 is 14.7 Å². The highest BCUT2D eigenvalue weighted by molar-refractivity contribution is 5.85. The van der Waals surface area contributed by atoms with Crippen LogP contribution in [0.5, 0.6) is 0 Å². The molecule has 6 heteroatoms. The Balaban J connectivity index is 1.83. The molecule has 3 unspecified atom stereocenters. The number of carbonyl (C=O) groups excluding carboxylic acids is 1. The average Bonchev–Trinajstić information content (AvgIpc) is 2.95. The Kier molecular flexibility index (Phi) is 4.42. The fourth-order valence-electron chi connectivity index (χ4n) is 2.92. The number of aliphatic carboxylic acids is 1. The van der Waals surface area contributed by atoms with Crippen LogP contribution in [0.1, 0.15) is 25.3 Å². The van der Waals surface area contributed by atoms with E-state index in [9.17, 15) is 9.59 Å². The SMILES string of the molecule is CC1CC(C(=O)O)C(C(=O)NCCc2cnn(C)c2)C1. The van der Waals surface area contributed by atoms with Gasteiger partial charge in [-0.3, -0.25) is 14.3 Å². The van der Waals surface area contributed by atoms with Gasteiger partial charge in [0.15, 0.2) is 0 Å². The van der Waals surface area contributed by atoms with E-state index in [1.54, 1.807) is 10.9 Å². The maximum Gasteiger partial charge on any atom is 0.307 e. The Morgan fingerprint density at radius 2 is 2.15 bits per heavy atom. The van der Waals surface area contributed by atoms with E-state index in [0.717, 1.165) is 5.56 Å². The number of rotatable bonds is 5. The summed E-state index contributed by atoms with van der Waals surface area (Å²) in [5.41, 5.74) is 1.06. The lowest BCUT2D eigenvalue weighted by atomic mass is 9.95. The van der Waals surface area contributed by atoms with Crippen molar-refractivity contribution in [2.24, 2.45) is 24.8 Å². The zero-order chi connectivity index (χ0) is 14.7. The van der Waals surface area contributed by atoms with E-state index in [4.69, 9.17) is 5.11 Å². The highest BCUT2D eigenvalue weighted by Crippen LogP contribution is 2.36. The molecule has 0 radical (unpaired) electrons. The van der Waals surface area contributed by atoms with Crippen LogP contribution in [-0.2, 0) is 23.1 Å². The normalized spacial score (nSPS) is 25.6. The number of carbonyl (C=O) groups is 2. The van der Waals surface area contributed by atoms with Crippen LogP contribution in [0.3, 0.4) is 0 Å². The van der Waals surface area contributed by atoms with Gasteiger partial charge in [0.05, 0.1) is 18.0 Å². The number of nitrogens with one attached hydrogen (secondary N) is 1. The Bertz CT molecular complexity index is 498. The molecule has 6 nitrogen and oxygen atoms in total. The molecule has 0 spiro atoms. The Labute approximate surface area is 118 Å². The third kappa shape index (κ3) is 3.37. The fraction of sp³-hybridized carbons (Fsp3) is 0.643. The predicted octanol–water partition coefficient (Wildman–Crippen LogP) is 0.826. The number of aryl methyl sites for hydroxylation is 1. The molecule has 1 aliphatic carbocycles. The van der Waals surface area contributed by atoms with Gasteiger partial charge >= 0.3 is 5.97 Å². The smallest absolute Gasteiger partial charge is 0.307 e. The molecule has 0 aromatic carbocycles. The molecule has 0 saturated heterocycles. The minimum Gasteiger partial charge on any atom is -0.481 e. The molecule has 3 atom stereocenters. The van der Waals surface area contributed by atoms with Gasteiger partial charge in [0.1, 0.15) is 0 Å². The monoisotopic (exact) mass is 279 g/mol. The summed E-state index contributed by atoms with van der Waals surface area (Å²) in [6.45, 7) is 2.51. The summed E-state index contributed by atoms with van der Waals surface area (Å²) in [4.78, 5) is 23.3. The Morgan fingerprint density at radius 3 is 2.75 bits per heavy atom. The van der Waals surface area contributed by atoms with Crippen molar-refractivity contribution in [3.63, 3.8) is 0 Å². The quantitative estimate of drug-likeness (QED) is 0.836. The topological polar surface area (TPSA) is 84.2 Å². The second-order valence-electron chi connectivity index (χ2n) is 5.69. The molecule has 2 rings (SSSR count). The van der Waals surface area contributed by atoms with E-state index in [-0.39, 0.29) is 5.91 Å². The zero-order valence-corrected chi connectivity index (χ0v) is 11.9. The molecule has 2 N–H and O–H groups in total. The van der Waals surface area contributed by atoms with Gasteiger partial charge in [-0.1, -0.05) is 6.92 Å². The first-order valence-corrected chi connectivity index (χ1v) is 6.95. The van der Waals surface area contributed by atoms with E-state index < -0.39 is 17.8 Å². The second-order valence-corrected chi connectivity index (χ2v) is 5.69. The van der Waals surface area contributed by atoms with Crippen LogP contribution in [0.4, 0.5) is 0 Å². The highest BCUT2D eigenvalue weighted by Gasteiger charge is 2.40. The van der Waals surface area contributed by atoms with Gasteiger partial charge < -0.3 is 10.4 Å². The van der Waals surface area contributed by atoms with Crippen LogP contribution in [0, 0.1) is 17.8 Å². The van der Waals surface area contributed by atoms with Crippen molar-refractivity contribution in [2.75, 3.05) is 6.54 Å². The average molecular weight is 279 g/mol. The summed E-state index contributed by atoms with van der Waals surface area (Å²) < 4.78 is 1.72. The third-order valence-corrected chi connectivity index (χ3v) is 3.92. The Hall–Kier alpha value is -1.85. The first-order chi connectivity index (χ1) is 9.47. The van der Waals surface area contributed by atoms with E-state index in [1.807, 2.05) is 20.2 Å². The van der Waals surface area contributed by atoms with Gasteiger partial charge in [-0.2, -0.15) is 5.10 Å². The number of amides is 1. The van der Waals surface area contributed by atoms with E-state index in [0.29, 0.717) is 31.7 Å². The number of hydrogen-bond donors (Lipinski definition) is 2. The van der Waals surface area contributed by atoms with E-state index in [1.165, 1.54) is 0 Å².